The number of pyridine rings is 3. The van der Waals surface area contributed by atoms with Crippen molar-refractivity contribution in [1.82, 2.24) is 23.8 Å². The molecule has 7 rings (SSSR count). The van der Waals surface area contributed by atoms with E-state index in [1.807, 2.05) is 59.9 Å². The molecular formula is C35H27BrF2N8O3. The Balaban J connectivity index is 0.000000154. The first-order chi connectivity index (χ1) is 23.6. The summed E-state index contributed by atoms with van der Waals surface area (Å²) in [6.45, 7) is 1.97. The van der Waals surface area contributed by atoms with Crippen LogP contribution in [0, 0.1) is 18.6 Å². The number of carbonyl (C=O) groups is 3. The number of aromatic nitrogens is 5. The van der Waals surface area contributed by atoms with Crippen LogP contribution in [0.25, 0.3) is 11.3 Å². The lowest BCUT2D eigenvalue weighted by Gasteiger charge is -2.01. The van der Waals surface area contributed by atoms with Gasteiger partial charge in [-0.2, -0.15) is 0 Å². The number of hydrogen-bond acceptors (Lipinski definition) is 6. The SMILES string of the molecule is Cc1c(Br)ccc2nc(C(=O)Nc3ccccc3)cn12.NC(=O)c1ccccn1.O=C(Nc1ccccc1)c1cn2cc(F)cc(F)c2n1. The topological polar surface area (TPSA) is 149 Å². The van der Waals surface area contributed by atoms with Gasteiger partial charge in [0.1, 0.15) is 28.5 Å². The molecule has 0 atom stereocenters. The maximum Gasteiger partial charge on any atom is 0.275 e. The van der Waals surface area contributed by atoms with Gasteiger partial charge >= 0.3 is 0 Å². The van der Waals surface area contributed by atoms with Crippen LogP contribution in [-0.2, 0) is 0 Å². The summed E-state index contributed by atoms with van der Waals surface area (Å²) in [6, 6.07) is 27.7. The Morgan fingerprint density at radius 3 is 1.88 bits per heavy atom. The number of primary amides is 1. The van der Waals surface area contributed by atoms with Crippen LogP contribution in [0.5, 0.6) is 0 Å². The van der Waals surface area contributed by atoms with Crippen molar-refractivity contribution < 1.29 is 23.2 Å². The average molecular weight is 726 g/mol. The molecule has 14 heteroatoms. The van der Waals surface area contributed by atoms with Crippen LogP contribution in [0.3, 0.4) is 0 Å². The van der Waals surface area contributed by atoms with Gasteiger partial charge in [-0.1, -0.05) is 42.5 Å². The van der Waals surface area contributed by atoms with E-state index in [9.17, 15) is 23.2 Å². The summed E-state index contributed by atoms with van der Waals surface area (Å²) in [4.78, 5) is 46.4. The van der Waals surface area contributed by atoms with Crippen molar-refractivity contribution in [2.24, 2.45) is 5.73 Å². The maximum atomic E-state index is 13.5. The smallest absolute Gasteiger partial charge is 0.275 e. The van der Waals surface area contributed by atoms with Crippen LogP contribution in [0.15, 0.2) is 126 Å². The van der Waals surface area contributed by atoms with Gasteiger partial charge in [0.2, 0.25) is 0 Å². The molecule has 246 valence electrons. The molecule has 5 heterocycles. The maximum absolute atomic E-state index is 13.5. The second-order valence-corrected chi connectivity index (χ2v) is 11.1. The van der Waals surface area contributed by atoms with E-state index in [0.29, 0.717) is 17.1 Å². The van der Waals surface area contributed by atoms with Crippen molar-refractivity contribution >= 4 is 56.3 Å². The number of amides is 3. The fourth-order valence-corrected chi connectivity index (χ4v) is 4.67. The molecule has 2 aromatic carbocycles. The normalized spacial score (nSPS) is 10.4. The van der Waals surface area contributed by atoms with E-state index < -0.39 is 23.4 Å². The number of imidazole rings is 2. The Morgan fingerprint density at radius 2 is 1.33 bits per heavy atom. The van der Waals surface area contributed by atoms with Crippen LogP contribution in [0.2, 0.25) is 0 Å². The summed E-state index contributed by atoms with van der Waals surface area (Å²) in [7, 11) is 0. The first-order valence-corrected chi connectivity index (χ1v) is 15.3. The van der Waals surface area contributed by atoms with Crippen LogP contribution < -0.4 is 16.4 Å². The Kier molecular flexibility index (Phi) is 10.8. The van der Waals surface area contributed by atoms with Gasteiger partial charge in [-0.25, -0.2) is 18.7 Å². The molecule has 3 amide bonds. The van der Waals surface area contributed by atoms with E-state index >= 15 is 0 Å². The van der Waals surface area contributed by atoms with Crippen LogP contribution in [0.1, 0.15) is 37.2 Å². The third-order valence-electron chi connectivity index (χ3n) is 6.74. The van der Waals surface area contributed by atoms with E-state index in [-0.39, 0.29) is 17.2 Å². The fourth-order valence-electron chi connectivity index (χ4n) is 4.35. The molecule has 11 nitrogen and oxygen atoms in total. The Bertz CT molecular complexity index is 2190. The summed E-state index contributed by atoms with van der Waals surface area (Å²) in [5, 5.41) is 5.45. The molecule has 4 N–H and O–H groups in total. The lowest BCUT2D eigenvalue weighted by Crippen LogP contribution is -2.12. The molecule has 0 saturated heterocycles. The molecule has 0 radical (unpaired) electrons. The first-order valence-electron chi connectivity index (χ1n) is 14.5. The highest BCUT2D eigenvalue weighted by molar-refractivity contribution is 9.10. The zero-order valence-corrected chi connectivity index (χ0v) is 27.3. The number of para-hydroxylation sites is 2. The number of nitrogens with one attached hydrogen (secondary N) is 2. The van der Waals surface area contributed by atoms with Crippen molar-refractivity contribution in [3.63, 3.8) is 0 Å². The minimum atomic E-state index is -0.816. The summed E-state index contributed by atoms with van der Waals surface area (Å²) in [6.07, 6.45) is 5.61. The highest BCUT2D eigenvalue weighted by Crippen LogP contribution is 2.19. The molecule has 0 spiro atoms. The number of nitrogens with two attached hydrogens (primary N) is 1. The number of hydrogen-bond donors (Lipinski definition) is 3. The third-order valence-corrected chi connectivity index (χ3v) is 7.58. The molecule has 5 aromatic heterocycles. The number of aryl methyl sites for hydroxylation is 1. The highest BCUT2D eigenvalue weighted by Gasteiger charge is 2.15. The number of rotatable bonds is 5. The third kappa shape index (κ3) is 8.75. The van der Waals surface area contributed by atoms with Crippen LogP contribution in [0.4, 0.5) is 20.2 Å². The molecular weight excluding hydrogens is 698 g/mol. The lowest BCUT2D eigenvalue weighted by molar-refractivity contribution is 0.0991. The van der Waals surface area contributed by atoms with Gasteiger partial charge in [0, 0.05) is 52.4 Å². The van der Waals surface area contributed by atoms with Gasteiger partial charge in [0.25, 0.3) is 17.7 Å². The molecule has 0 saturated carbocycles. The number of benzene rings is 2. The summed E-state index contributed by atoms with van der Waals surface area (Å²) < 4.78 is 30.6. The fraction of sp³-hybridized carbons (Fsp3) is 0.0286. The van der Waals surface area contributed by atoms with Gasteiger partial charge < -0.3 is 25.2 Å². The van der Waals surface area contributed by atoms with E-state index in [1.54, 1.807) is 48.7 Å². The molecule has 7 aromatic rings. The van der Waals surface area contributed by atoms with E-state index in [4.69, 9.17) is 5.73 Å². The minimum Gasteiger partial charge on any atom is -0.364 e. The van der Waals surface area contributed by atoms with E-state index in [2.05, 4.69) is 41.5 Å². The van der Waals surface area contributed by atoms with Gasteiger partial charge in [-0.15, -0.1) is 0 Å². The zero-order valence-electron chi connectivity index (χ0n) is 25.7. The Labute approximate surface area is 286 Å². The predicted molar refractivity (Wildman–Crippen MR) is 184 cm³/mol. The zero-order chi connectivity index (χ0) is 34.9. The molecule has 49 heavy (non-hydrogen) atoms. The van der Waals surface area contributed by atoms with Crippen molar-refractivity contribution in [3.8, 4) is 0 Å². The summed E-state index contributed by atoms with van der Waals surface area (Å²) >= 11 is 3.47. The van der Waals surface area contributed by atoms with Crippen LogP contribution in [-0.4, -0.2) is 41.5 Å². The Hall–Kier alpha value is -6.28. The van der Waals surface area contributed by atoms with Gasteiger partial charge in [0.15, 0.2) is 11.5 Å². The molecule has 0 aliphatic rings. The van der Waals surface area contributed by atoms with Crippen molar-refractivity contribution in [3.05, 3.63) is 161 Å². The Morgan fingerprint density at radius 1 is 0.735 bits per heavy atom. The van der Waals surface area contributed by atoms with Crippen molar-refractivity contribution in [1.29, 1.82) is 0 Å². The van der Waals surface area contributed by atoms with Crippen LogP contribution >= 0.6 is 15.9 Å². The largest absolute Gasteiger partial charge is 0.364 e. The number of carbonyl (C=O) groups excluding carboxylic acids is 3. The highest BCUT2D eigenvalue weighted by atomic mass is 79.9. The van der Waals surface area contributed by atoms with Gasteiger partial charge in [-0.05, 0) is 71.4 Å². The second kappa shape index (κ2) is 15.5. The quantitative estimate of drug-likeness (QED) is 0.180. The van der Waals surface area contributed by atoms with Gasteiger partial charge in [-0.3, -0.25) is 19.4 Å². The van der Waals surface area contributed by atoms with Gasteiger partial charge in [0.05, 0.1) is 0 Å². The minimum absolute atomic E-state index is 0.0124. The number of nitrogens with zero attached hydrogens (tertiary/aromatic N) is 5. The molecule has 0 unspecified atom stereocenters. The summed E-state index contributed by atoms with van der Waals surface area (Å²) in [5.74, 6) is -2.74. The molecule has 0 aliphatic heterocycles. The molecule has 0 fully saturated rings. The first kappa shape index (κ1) is 34.1. The molecule has 0 aliphatic carbocycles. The lowest BCUT2D eigenvalue weighted by atomic mass is 10.3. The number of halogens is 3. The summed E-state index contributed by atoms with van der Waals surface area (Å²) in [5.41, 5.74) is 8.65. The molecule has 0 bridgehead atoms. The van der Waals surface area contributed by atoms with Crippen molar-refractivity contribution in [2.45, 2.75) is 6.92 Å². The number of anilines is 2. The standard InChI is InChI=1S/C15H12BrN3O.C14H9F2N3O.C6H6N2O/c1-10-12(16)7-8-14-18-13(9-19(10)14)15(20)17-11-5-3-2-4-6-11;15-9-6-11(16)13-18-12(8-19(13)7-9)14(20)17-10-4-2-1-3-5-10;7-6(9)5-3-1-2-4-8-5/h2-9H,1H3,(H,17,20);1-8H,(H,17,20);1-4H,(H2,7,9). The number of fused-ring (bicyclic) bond motifs is 2. The average Bonchev–Trinajstić information content (AvgIpc) is 3.74. The van der Waals surface area contributed by atoms with E-state index in [1.165, 1.54) is 12.4 Å². The van der Waals surface area contributed by atoms with E-state index in [0.717, 1.165) is 38.2 Å². The monoisotopic (exact) mass is 724 g/mol. The second-order valence-electron chi connectivity index (χ2n) is 10.2. The van der Waals surface area contributed by atoms with Crippen molar-refractivity contribution in [2.75, 3.05) is 10.6 Å². The predicted octanol–water partition coefficient (Wildman–Crippen LogP) is 6.70.